The third-order valence-corrected chi connectivity index (χ3v) is 1.17. The van der Waals surface area contributed by atoms with E-state index in [1.165, 1.54) is 10.5 Å². The van der Waals surface area contributed by atoms with Crippen LogP contribution in [0.25, 0.3) is 0 Å². The lowest BCUT2D eigenvalue weighted by atomic mass is 10.5. The largest absolute Gasteiger partial charge is 0.380 e. The van der Waals surface area contributed by atoms with E-state index in [0.717, 1.165) is 0 Å². The van der Waals surface area contributed by atoms with Crippen molar-refractivity contribution in [3.63, 3.8) is 0 Å². The van der Waals surface area contributed by atoms with Gasteiger partial charge in [0, 0.05) is 0 Å². The minimum Gasteiger partial charge on any atom is -0.380 e. The van der Waals surface area contributed by atoms with Crippen LogP contribution in [-0.4, -0.2) is 29.2 Å². The molecule has 1 radical (unpaired) electrons. The molecule has 0 rings (SSSR count). The first kappa shape index (κ1) is 11.1. The highest BCUT2D eigenvalue weighted by atomic mass is 28.2. The second kappa shape index (κ2) is 5.71. The van der Waals surface area contributed by atoms with E-state index in [1.54, 1.807) is 0 Å². The van der Waals surface area contributed by atoms with Crippen LogP contribution in [0.3, 0.4) is 0 Å². The Morgan fingerprint density at radius 2 is 1.27 bits per heavy atom. The van der Waals surface area contributed by atoms with Crippen molar-refractivity contribution in [2.24, 2.45) is 0 Å². The molecule has 0 fully saturated rings. The Hall–Kier alpha value is 0.0969. The van der Waals surface area contributed by atoms with Crippen molar-refractivity contribution >= 4 is 10.5 Å². The Bertz CT molecular complexity index is 85.7. The number of rotatable bonds is 5. The molecule has 0 aliphatic heterocycles. The third kappa shape index (κ3) is 6.49. The van der Waals surface area contributed by atoms with Gasteiger partial charge in [-0.1, -0.05) is 0 Å². The molecule has 0 aromatic carbocycles. The minimum atomic E-state index is -0.520. The van der Waals surface area contributed by atoms with Crippen molar-refractivity contribution in [2.45, 2.75) is 46.4 Å². The van der Waals surface area contributed by atoms with E-state index in [-0.39, 0.29) is 12.2 Å². The molecule has 0 saturated carbocycles. The van der Waals surface area contributed by atoms with Gasteiger partial charge in [0.25, 0.3) is 6.48 Å². The standard InChI is InChI=1S/C7H17O3Si/c1-5(2)8-7(10-11)9-6(3)4/h5-7H,11H2,1-4H3. The predicted molar refractivity (Wildman–Crippen MR) is 45.9 cm³/mol. The maximum absolute atomic E-state index is 5.27. The van der Waals surface area contributed by atoms with Crippen molar-refractivity contribution < 1.29 is 13.9 Å². The quantitative estimate of drug-likeness (QED) is 0.457. The van der Waals surface area contributed by atoms with Crippen LogP contribution < -0.4 is 0 Å². The highest BCUT2D eigenvalue weighted by molar-refractivity contribution is 5.97. The van der Waals surface area contributed by atoms with Crippen LogP contribution in [0, 0.1) is 0 Å². The van der Waals surface area contributed by atoms with Crippen molar-refractivity contribution in [3.8, 4) is 0 Å². The summed E-state index contributed by atoms with van der Waals surface area (Å²) in [6.45, 7) is 7.25. The number of hydrogen-bond donors (Lipinski definition) is 0. The summed E-state index contributed by atoms with van der Waals surface area (Å²) >= 11 is 0. The average molecular weight is 177 g/mol. The highest BCUT2D eigenvalue weighted by Gasteiger charge is 2.10. The lowest BCUT2D eigenvalue weighted by molar-refractivity contribution is -0.273. The van der Waals surface area contributed by atoms with Crippen LogP contribution in [0.15, 0.2) is 0 Å². The van der Waals surface area contributed by atoms with E-state index in [4.69, 9.17) is 13.9 Å². The number of ether oxygens (including phenoxy) is 2. The van der Waals surface area contributed by atoms with E-state index in [1.807, 2.05) is 27.7 Å². The van der Waals surface area contributed by atoms with Gasteiger partial charge in [-0.3, -0.25) is 0 Å². The minimum absolute atomic E-state index is 0.128. The van der Waals surface area contributed by atoms with Gasteiger partial charge in [0.1, 0.15) is 0 Å². The van der Waals surface area contributed by atoms with Gasteiger partial charge < -0.3 is 13.9 Å². The van der Waals surface area contributed by atoms with Gasteiger partial charge in [-0.25, -0.2) is 0 Å². The first-order valence-electron chi connectivity index (χ1n) is 3.78. The highest BCUT2D eigenvalue weighted by Crippen LogP contribution is 2.03. The van der Waals surface area contributed by atoms with Crippen molar-refractivity contribution in [1.29, 1.82) is 0 Å². The summed E-state index contributed by atoms with van der Waals surface area (Å²) in [5.41, 5.74) is 0. The lowest BCUT2D eigenvalue weighted by Gasteiger charge is -2.21. The second-order valence-electron chi connectivity index (χ2n) is 2.83. The Kier molecular flexibility index (Phi) is 5.76. The normalized spacial score (nSPS) is 12.0. The summed E-state index contributed by atoms with van der Waals surface area (Å²) in [6, 6.07) is 0. The van der Waals surface area contributed by atoms with E-state index < -0.39 is 6.48 Å². The fraction of sp³-hybridized carbons (Fsp3) is 1.00. The Balaban J connectivity index is 3.58. The van der Waals surface area contributed by atoms with Crippen LogP contribution in [0.1, 0.15) is 27.7 Å². The van der Waals surface area contributed by atoms with Gasteiger partial charge >= 0.3 is 0 Å². The second-order valence-corrected chi connectivity index (χ2v) is 3.16. The molecule has 0 bridgehead atoms. The molecule has 11 heavy (non-hydrogen) atoms. The zero-order valence-corrected chi connectivity index (χ0v) is 9.08. The van der Waals surface area contributed by atoms with Gasteiger partial charge in [-0.05, 0) is 27.7 Å². The summed E-state index contributed by atoms with van der Waals surface area (Å²) in [7, 11) is 1.38. The van der Waals surface area contributed by atoms with E-state index >= 15 is 0 Å². The fourth-order valence-corrected chi connectivity index (χ4v) is 0.712. The molecule has 0 saturated heterocycles. The van der Waals surface area contributed by atoms with Gasteiger partial charge in [0.15, 0.2) is 10.5 Å². The summed E-state index contributed by atoms with van der Waals surface area (Å²) in [5, 5.41) is 0. The number of hydrogen-bond acceptors (Lipinski definition) is 3. The monoisotopic (exact) mass is 177 g/mol. The smallest absolute Gasteiger partial charge is 0.261 e. The lowest BCUT2D eigenvalue weighted by Crippen LogP contribution is -2.26. The molecule has 3 nitrogen and oxygen atoms in total. The fourth-order valence-electron chi connectivity index (χ4n) is 0.555. The summed E-state index contributed by atoms with van der Waals surface area (Å²) in [4.78, 5) is 0. The topological polar surface area (TPSA) is 27.7 Å². The summed E-state index contributed by atoms with van der Waals surface area (Å²) < 4.78 is 15.5. The maximum Gasteiger partial charge on any atom is 0.261 e. The predicted octanol–water partition coefficient (Wildman–Crippen LogP) is 0.685. The molecule has 0 aliphatic carbocycles. The van der Waals surface area contributed by atoms with Crippen LogP contribution in [0.5, 0.6) is 0 Å². The molecule has 0 atom stereocenters. The van der Waals surface area contributed by atoms with Crippen molar-refractivity contribution in [1.82, 2.24) is 0 Å². The van der Waals surface area contributed by atoms with Gasteiger partial charge in [-0.2, -0.15) is 0 Å². The van der Waals surface area contributed by atoms with Crippen LogP contribution in [0.4, 0.5) is 0 Å². The average Bonchev–Trinajstić information content (AvgIpc) is 1.84. The molecule has 0 aromatic rings. The molecule has 0 unspecified atom stereocenters. The van der Waals surface area contributed by atoms with Crippen LogP contribution in [0.2, 0.25) is 0 Å². The zero-order valence-electron chi connectivity index (χ0n) is 7.66. The molecule has 0 aromatic heterocycles. The summed E-state index contributed by atoms with van der Waals surface area (Å²) in [6.07, 6.45) is 0.256. The Morgan fingerprint density at radius 3 is 1.45 bits per heavy atom. The Labute approximate surface area is 71.6 Å². The third-order valence-electron chi connectivity index (χ3n) is 0.903. The molecule has 0 amide bonds. The van der Waals surface area contributed by atoms with Crippen LogP contribution in [-0.2, 0) is 13.9 Å². The van der Waals surface area contributed by atoms with E-state index in [2.05, 4.69) is 0 Å². The first-order valence-corrected chi connectivity index (χ1v) is 4.35. The summed E-state index contributed by atoms with van der Waals surface area (Å²) in [5.74, 6) is 0. The molecular weight excluding hydrogens is 160 g/mol. The first-order chi connectivity index (χ1) is 5.06. The van der Waals surface area contributed by atoms with E-state index in [9.17, 15) is 0 Å². The van der Waals surface area contributed by atoms with Gasteiger partial charge in [0.05, 0.1) is 12.2 Å². The van der Waals surface area contributed by atoms with E-state index in [0.29, 0.717) is 0 Å². The zero-order chi connectivity index (χ0) is 8.85. The van der Waals surface area contributed by atoms with Crippen LogP contribution >= 0.6 is 0 Å². The molecule has 67 valence electrons. The van der Waals surface area contributed by atoms with Crippen molar-refractivity contribution in [2.75, 3.05) is 0 Å². The van der Waals surface area contributed by atoms with Gasteiger partial charge in [0.2, 0.25) is 0 Å². The molecule has 0 N–H and O–H groups in total. The Morgan fingerprint density at radius 1 is 0.909 bits per heavy atom. The molecule has 0 spiro atoms. The molecular formula is C7H17O3Si. The maximum atomic E-state index is 5.27. The van der Waals surface area contributed by atoms with Gasteiger partial charge in [-0.15, -0.1) is 0 Å². The SMILES string of the molecule is CC(C)OC(O[SiH2])OC(C)C. The molecule has 4 heteroatoms. The van der Waals surface area contributed by atoms with Crippen molar-refractivity contribution in [3.05, 3.63) is 0 Å². The molecule has 0 aliphatic rings. The molecule has 0 heterocycles.